The fourth-order valence-corrected chi connectivity index (χ4v) is 2.08. The summed E-state index contributed by atoms with van der Waals surface area (Å²) in [6.07, 6.45) is 1.35. The SMILES string of the molecule is CC(=O)Nc1cccc(C(=O)Nc2ccc3ncoc3c2)c1. The minimum atomic E-state index is -0.272. The first kappa shape index (κ1) is 13.8. The first-order chi connectivity index (χ1) is 10.6. The molecule has 2 amide bonds. The number of nitrogens with zero attached hydrogens (tertiary/aromatic N) is 1. The van der Waals surface area contributed by atoms with Gasteiger partial charge in [-0.15, -0.1) is 0 Å². The molecule has 0 unspecified atom stereocenters. The lowest BCUT2D eigenvalue weighted by Crippen LogP contribution is -2.13. The molecule has 0 spiro atoms. The third kappa shape index (κ3) is 2.95. The number of benzene rings is 2. The third-order valence-corrected chi connectivity index (χ3v) is 3.03. The fraction of sp³-hybridized carbons (Fsp3) is 0.0625. The zero-order valence-corrected chi connectivity index (χ0v) is 11.8. The van der Waals surface area contributed by atoms with Crippen LogP contribution in [0.4, 0.5) is 11.4 Å². The summed E-state index contributed by atoms with van der Waals surface area (Å²) in [6.45, 7) is 1.42. The molecule has 6 nitrogen and oxygen atoms in total. The van der Waals surface area contributed by atoms with Gasteiger partial charge in [0.25, 0.3) is 5.91 Å². The van der Waals surface area contributed by atoms with Crippen molar-refractivity contribution in [2.75, 3.05) is 10.6 Å². The number of carbonyl (C=O) groups is 2. The fourth-order valence-electron chi connectivity index (χ4n) is 2.08. The van der Waals surface area contributed by atoms with Crippen LogP contribution in [0.1, 0.15) is 17.3 Å². The Morgan fingerprint density at radius 1 is 1.05 bits per heavy atom. The molecule has 1 aromatic heterocycles. The minimum Gasteiger partial charge on any atom is -0.443 e. The first-order valence-corrected chi connectivity index (χ1v) is 6.64. The Labute approximate surface area is 126 Å². The highest BCUT2D eigenvalue weighted by atomic mass is 16.3. The quantitative estimate of drug-likeness (QED) is 0.777. The summed E-state index contributed by atoms with van der Waals surface area (Å²) in [7, 11) is 0. The number of hydrogen-bond donors (Lipinski definition) is 2. The van der Waals surface area contributed by atoms with Gasteiger partial charge in [0, 0.05) is 29.9 Å². The molecule has 22 heavy (non-hydrogen) atoms. The van der Waals surface area contributed by atoms with Crippen molar-refractivity contribution < 1.29 is 14.0 Å². The van der Waals surface area contributed by atoms with Gasteiger partial charge < -0.3 is 15.1 Å². The van der Waals surface area contributed by atoms with Gasteiger partial charge in [0.05, 0.1) is 0 Å². The molecule has 0 fully saturated rings. The van der Waals surface area contributed by atoms with Crippen LogP contribution in [-0.2, 0) is 4.79 Å². The molecule has 3 aromatic rings. The Morgan fingerprint density at radius 3 is 2.68 bits per heavy atom. The Balaban J connectivity index is 1.80. The molecule has 0 aliphatic rings. The second-order valence-electron chi connectivity index (χ2n) is 4.75. The maximum absolute atomic E-state index is 12.3. The lowest BCUT2D eigenvalue weighted by Gasteiger charge is -2.07. The van der Waals surface area contributed by atoms with Crippen LogP contribution in [-0.4, -0.2) is 16.8 Å². The number of amides is 2. The lowest BCUT2D eigenvalue weighted by atomic mass is 10.1. The van der Waals surface area contributed by atoms with E-state index in [1.54, 1.807) is 42.5 Å². The lowest BCUT2D eigenvalue weighted by molar-refractivity contribution is -0.114. The van der Waals surface area contributed by atoms with Crippen molar-refractivity contribution in [1.82, 2.24) is 4.98 Å². The van der Waals surface area contributed by atoms with Crippen LogP contribution in [0.5, 0.6) is 0 Å². The molecule has 110 valence electrons. The standard InChI is InChI=1S/C16H13N3O3/c1-10(20)18-12-4-2-3-11(7-12)16(21)19-13-5-6-14-15(8-13)22-9-17-14/h2-9H,1H3,(H,18,20)(H,19,21). The summed E-state index contributed by atoms with van der Waals surface area (Å²) in [5.74, 6) is -0.459. The van der Waals surface area contributed by atoms with Crippen LogP contribution in [0.2, 0.25) is 0 Å². The monoisotopic (exact) mass is 295 g/mol. The van der Waals surface area contributed by atoms with Crippen molar-refractivity contribution in [3.05, 3.63) is 54.4 Å². The molecular formula is C16H13N3O3. The van der Waals surface area contributed by atoms with E-state index in [4.69, 9.17) is 4.42 Å². The number of aromatic nitrogens is 1. The third-order valence-electron chi connectivity index (χ3n) is 3.03. The van der Waals surface area contributed by atoms with Gasteiger partial charge in [-0.2, -0.15) is 0 Å². The zero-order valence-electron chi connectivity index (χ0n) is 11.8. The van der Waals surface area contributed by atoms with Crippen molar-refractivity contribution in [3.63, 3.8) is 0 Å². The smallest absolute Gasteiger partial charge is 0.255 e. The van der Waals surface area contributed by atoms with Crippen LogP contribution >= 0.6 is 0 Å². The number of rotatable bonds is 3. The molecule has 2 aromatic carbocycles. The largest absolute Gasteiger partial charge is 0.443 e. The van der Waals surface area contributed by atoms with Crippen LogP contribution in [0, 0.1) is 0 Å². The summed E-state index contributed by atoms with van der Waals surface area (Å²) in [6, 6.07) is 11.9. The van der Waals surface area contributed by atoms with E-state index in [0.717, 1.165) is 5.52 Å². The number of hydrogen-bond acceptors (Lipinski definition) is 4. The average Bonchev–Trinajstić information content (AvgIpc) is 2.94. The van der Waals surface area contributed by atoms with Crippen LogP contribution in [0.15, 0.2) is 53.3 Å². The summed E-state index contributed by atoms with van der Waals surface area (Å²) >= 11 is 0. The second-order valence-corrected chi connectivity index (χ2v) is 4.75. The number of nitrogens with one attached hydrogen (secondary N) is 2. The van der Waals surface area contributed by atoms with E-state index >= 15 is 0 Å². The van der Waals surface area contributed by atoms with E-state index in [2.05, 4.69) is 15.6 Å². The highest BCUT2D eigenvalue weighted by Crippen LogP contribution is 2.19. The van der Waals surface area contributed by atoms with Crippen molar-refractivity contribution in [1.29, 1.82) is 0 Å². The predicted octanol–water partition coefficient (Wildman–Crippen LogP) is 3.04. The molecule has 0 aliphatic heterocycles. The van der Waals surface area contributed by atoms with Crippen molar-refractivity contribution in [2.45, 2.75) is 6.92 Å². The molecule has 2 N–H and O–H groups in total. The van der Waals surface area contributed by atoms with Crippen LogP contribution in [0.25, 0.3) is 11.1 Å². The number of anilines is 2. The second kappa shape index (κ2) is 5.69. The molecule has 0 saturated heterocycles. The van der Waals surface area contributed by atoms with E-state index in [1.165, 1.54) is 13.3 Å². The van der Waals surface area contributed by atoms with Gasteiger partial charge in [0.1, 0.15) is 5.52 Å². The predicted molar refractivity (Wildman–Crippen MR) is 82.7 cm³/mol. The number of fused-ring (bicyclic) bond motifs is 1. The van der Waals surface area contributed by atoms with Crippen LogP contribution < -0.4 is 10.6 Å². The van der Waals surface area contributed by atoms with E-state index in [0.29, 0.717) is 22.5 Å². The molecule has 0 radical (unpaired) electrons. The van der Waals surface area contributed by atoms with Crippen LogP contribution in [0.3, 0.4) is 0 Å². The summed E-state index contributed by atoms with van der Waals surface area (Å²) in [5.41, 5.74) is 2.96. The molecule has 3 rings (SSSR count). The van der Waals surface area contributed by atoms with Crippen molar-refractivity contribution in [3.8, 4) is 0 Å². The van der Waals surface area contributed by atoms with Crippen molar-refractivity contribution >= 4 is 34.3 Å². The normalized spacial score (nSPS) is 10.4. The highest BCUT2D eigenvalue weighted by Gasteiger charge is 2.08. The van der Waals surface area contributed by atoms with Gasteiger partial charge in [-0.3, -0.25) is 9.59 Å². The number of carbonyl (C=O) groups excluding carboxylic acids is 2. The molecular weight excluding hydrogens is 282 g/mol. The molecule has 0 aliphatic carbocycles. The van der Waals surface area contributed by atoms with Gasteiger partial charge in [-0.05, 0) is 30.3 Å². The Bertz CT molecular complexity index is 854. The number of oxazole rings is 1. The molecule has 0 saturated carbocycles. The van der Waals surface area contributed by atoms with Gasteiger partial charge in [0.2, 0.25) is 5.91 Å². The van der Waals surface area contributed by atoms with Gasteiger partial charge in [0.15, 0.2) is 12.0 Å². The molecule has 0 atom stereocenters. The topological polar surface area (TPSA) is 84.2 Å². The first-order valence-electron chi connectivity index (χ1n) is 6.64. The summed E-state index contributed by atoms with van der Waals surface area (Å²) < 4.78 is 5.20. The maximum Gasteiger partial charge on any atom is 0.255 e. The van der Waals surface area contributed by atoms with E-state index in [9.17, 15) is 9.59 Å². The minimum absolute atomic E-state index is 0.187. The Hall–Kier alpha value is -3.15. The van der Waals surface area contributed by atoms with Gasteiger partial charge in [-0.25, -0.2) is 4.98 Å². The molecule has 6 heteroatoms. The average molecular weight is 295 g/mol. The van der Waals surface area contributed by atoms with E-state index in [1.807, 2.05) is 0 Å². The summed E-state index contributed by atoms with van der Waals surface area (Å²) in [5, 5.41) is 5.42. The van der Waals surface area contributed by atoms with Gasteiger partial charge in [-0.1, -0.05) is 6.07 Å². The highest BCUT2D eigenvalue weighted by molar-refractivity contribution is 6.05. The Morgan fingerprint density at radius 2 is 1.86 bits per heavy atom. The van der Waals surface area contributed by atoms with E-state index < -0.39 is 0 Å². The Kier molecular flexibility index (Phi) is 3.57. The maximum atomic E-state index is 12.3. The summed E-state index contributed by atoms with van der Waals surface area (Å²) in [4.78, 5) is 27.3. The van der Waals surface area contributed by atoms with E-state index in [-0.39, 0.29) is 11.8 Å². The van der Waals surface area contributed by atoms with Gasteiger partial charge >= 0.3 is 0 Å². The van der Waals surface area contributed by atoms with Crippen molar-refractivity contribution in [2.24, 2.45) is 0 Å². The molecule has 0 bridgehead atoms. The zero-order chi connectivity index (χ0) is 15.5. The molecule has 1 heterocycles.